The van der Waals surface area contributed by atoms with Crippen LogP contribution < -0.4 is 9.47 Å². The molecule has 1 saturated carbocycles. The summed E-state index contributed by atoms with van der Waals surface area (Å²) in [5.41, 5.74) is 2.47. The van der Waals surface area contributed by atoms with Crippen molar-refractivity contribution < 1.29 is 19.4 Å². The van der Waals surface area contributed by atoms with E-state index >= 15 is 0 Å². The van der Waals surface area contributed by atoms with Gasteiger partial charge in [0.15, 0.2) is 11.5 Å². The Balaban J connectivity index is 1.41. The maximum atomic E-state index is 12.0. The highest BCUT2D eigenvalue weighted by Crippen LogP contribution is 2.49. The summed E-state index contributed by atoms with van der Waals surface area (Å²) in [5, 5.41) is 14.6. The summed E-state index contributed by atoms with van der Waals surface area (Å²) in [4.78, 5) is 14.3. The van der Waals surface area contributed by atoms with Gasteiger partial charge in [0.05, 0.1) is 24.3 Å². The number of hydrogen-bond acceptors (Lipinski definition) is 5. The summed E-state index contributed by atoms with van der Waals surface area (Å²) < 4.78 is 13.4. The van der Waals surface area contributed by atoms with Crippen molar-refractivity contribution in [3.63, 3.8) is 0 Å². The fourth-order valence-electron chi connectivity index (χ4n) is 5.31. The minimum Gasteiger partial charge on any atom is -0.490 e. The molecular formula is C22H27N3O4. The lowest BCUT2D eigenvalue weighted by atomic mass is 9.81. The second-order valence-electron chi connectivity index (χ2n) is 8.61. The van der Waals surface area contributed by atoms with Crippen molar-refractivity contribution in [1.82, 2.24) is 14.7 Å². The summed E-state index contributed by atoms with van der Waals surface area (Å²) in [7, 11) is 1.92. The number of carbonyl (C=O) groups is 1. The highest BCUT2D eigenvalue weighted by atomic mass is 16.5. The summed E-state index contributed by atoms with van der Waals surface area (Å²) in [6.07, 6.45) is 5.76. The Labute approximate surface area is 170 Å². The van der Waals surface area contributed by atoms with E-state index in [-0.39, 0.29) is 5.92 Å². The normalized spacial score (nSPS) is 26.3. The van der Waals surface area contributed by atoms with Crippen LogP contribution in [0.25, 0.3) is 11.3 Å². The lowest BCUT2D eigenvalue weighted by molar-refractivity contribution is -0.149. The molecule has 1 aromatic heterocycles. The number of carboxylic acids is 1. The topological polar surface area (TPSA) is 76.8 Å². The molecule has 3 heterocycles. The van der Waals surface area contributed by atoms with Crippen LogP contribution in [0.5, 0.6) is 11.5 Å². The maximum absolute atomic E-state index is 12.0. The average molecular weight is 397 g/mol. The third-order valence-electron chi connectivity index (χ3n) is 6.69. The molecule has 7 heteroatoms. The molecule has 0 spiro atoms. The molecule has 2 aromatic rings. The SMILES string of the molecule is Cn1cc(CN2C[C@@H]3CCC[C@@]3(C(=O)O)C2)c(-c2ccc3c(c2)OCCCO3)n1. The molecule has 0 amide bonds. The van der Waals surface area contributed by atoms with Gasteiger partial charge in [-0.15, -0.1) is 0 Å². The van der Waals surface area contributed by atoms with Crippen molar-refractivity contribution in [2.75, 3.05) is 26.3 Å². The molecule has 5 rings (SSSR count). The molecule has 154 valence electrons. The van der Waals surface area contributed by atoms with Gasteiger partial charge in [0.1, 0.15) is 0 Å². The van der Waals surface area contributed by atoms with Gasteiger partial charge in [-0.1, -0.05) is 6.42 Å². The van der Waals surface area contributed by atoms with E-state index in [0.717, 1.165) is 60.5 Å². The monoisotopic (exact) mass is 397 g/mol. The second kappa shape index (κ2) is 7.06. The van der Waals surface area contributed by atoms with Crippen molar-refractivity contribution >= 4 is 5.97 Å². The summed E-state index contributed by atoms with van der Waals surface area (Å²) in [6.45, 7) is 3.51. The molecule has 1 saturated heterocycles. The maximum Gasteiger partial charge on any atom is 0.311 e. The second-order valence-corrected chi connectivity index (χ2v) is 8.61. The standard InChI is InChI=1S/C22H27N3O4/c1-24-11-16(12-25-13-17-4-2-7-22(17,14-25)21(26)27)20(23-24)15-5-6-18-19(10-15)29-9-3-8-28-18/h5-6,10-11,17H,2-4,7-9,12-14H2,1H3,(H,26,27)/t17-,22+/m0/s1. The molecule has 2 fully saturated rings. The fraction of sp³-hybridized carbons (Fsp3) is 0.545. The number of aromatic nitrogens is 2. The van der Waals surface area contributed by atoms with Crippen LogP contribution in [0.3, 0.4) is 0 Å². The number of benzene rings is 1. The third-order valence-corrected chi connectivity index (χ3v) is 6.69. The van der Waals surface area contributed by atoms with Gasteiger partial charge in [-0.3, -0.25) is 14.4 Å². The first-order valence-electron chi connectivity index (χ1n) is 10.4. The number of hydrogen-bond donors (Lipinski definition) is 1. The van der Waals surface area contributed by atoms with Gasteiger partial charge in [0, 0.05) is 50.4 Å². The minimum atomic E-state index is -0.628. The van der Waals surface area contributed by atoms with Gasteiger partial charge in [0.25, 0.3) is 0 Å². The molecule has 0 radical (unpaired) electrons. The Hall–Kier alpha value is -2.54. The zero-order valence-corrected chi connectivity index (χ0v) is 16.8. The molecule has 2 aliphatic heterocycles. The fourth-order valence-corrected chi connectivity index (χ4v) is 5.31. The Kier molecular flexibility index (Phi) is 4.50. The molecule has 0 unspecified atom stereocenters. The first-order valence-corrected chi connectivity index (χ1v) is 10.4. The van der Waals surface area contributed by atoms with Crippen LogP contribution in [0.1, 0.15) is 31.2 Å². The molecule has 0 bridgehead atoms. The Morgan fingerprint density at radius 2 is 2.10 bits per heavy atom. The van der Waals surface area contributed by atoms with Crippen LogP contribution in [0.2, 0.25) is 0 Å². The molecular weight excluding hydrogens is 370 g/mol. The van der Waals surface area contributed by atoms with E-state index in [1.165, 1.54) is 0 Å². The number of likely N-dealkylation sites (tertiary alicyclic amines) is 1. The number of carboxylic acid groups (broad SMARTS) is 1. The molecule has 7 nitrogen and oxygen atoms in total. The quantitative estimate of drug-likeness (QED) is 0.855. The Bertz CT molecular complexity index is 940. The highest BCUT2D eigenvalue weighted by molar-refractivity contribution is 5.76. The van der Waals surface area contributed by atoms with Crippen LogP contribution >= 0.6 is 0 Å². The first-order chi connectivity index (χ1) is 14.0. The summed E-state index contributed by atoms with van der Waals surface area (Å²) >= 11 is 0. The van der Waals surface area contributed by atoms with Gasteiger partial charge >= 0.3 is 5.97 Å². The van der Waals surface area contributed by atoms with E-state index < -0.39 is 11.4 Å². The smallest absolute Gasteiger partial charge is 0.311 e. The van der Waals surface area contributed by atoms with Crippen LogP contribution in [-0.2, 0) is 18.4 Å². The summed E-state index contributed by atoms with van der Waals surface area (Å²) in [5.74, 6) is 1.17. The van der Waals surface area contributed by atoms with Gasteiger partial charge in [-0.2, -0.15) is 5.10 Å². The molecule has 2 atom stereocenters. The van der Waals surface area contributed by atoms with Crippen LogP contribution in [0, 0.1) is 11.3 Å². The van der Waals surface area contributed by atoms with Crippen molar-refractivity contribution in [3.8, 4) is 22.8 Å². The molecule has 3 aliphatic rings. The number of aliphatic carboxylic acids is 1. The molecule has 1 aromatic carbocycles. The zero-order chi connectivity index (χ0) is 20.0. The van der Waals surface area contributed by atoms with E-state index in [2.05, 4.69) is 4.90 Å². The van der Waals surface area contributed by atoms with E-state index in [1.807, 2.05) is 36.1 Å². The van der Waals surface area contributed by atoms with Crippen molar-refractivity contribution in [3.05, 3.63) is 30.0 Å². The number of ether oxygens (including phenoxy) is 2. The number of nitrogens with zero attached hydrogens (tertiary/aromatic N) is 3. The van der Waals surface area contributed by atoms with Gasteiger partial charge in [-0.05, 0) is 37.0 Å². The lowest BCUT2D eigenvalue weighted by Crippen LogP contribution is -2.35. The number of aryl methyl sites for hydroxylation is 1. The van der Waals surface area contributed by atoms with E-state index in [1.54, 1.807) is 0 Å². The first kappa shape index (κ1) is 18.5. The van der Waals surface area contributed by atoms with Crippen molar-refractivity contribution in [2.24, 2.45) is 18.4 Å². The predicted molar refractivity (Wildman–Crippen MR) is 107 cm³/mol. The molecule has 29 heavy (non-hydrogen) atoms. The van der Waals surface area contributed by atoms with Gasteiger partial charge in [-0.25, -0.2) is 0 Å². The lowest BCUT2D eigenvalue weighted by Gasteiger charge is -2.23. The van der Waals surface area contributed by atoms with E-state index in [0.29, 0.717) is 26.3 Å². The average Bonchev–Trinajstić information content (AvgIpc) is 3.29. The highest BCUT2D eigenvalue weighted by Gasteiger charge is 2.54. The largest absolute Gasteiger partial charge is 0.490 e. The Morgan fingerprint density at radius 3 is 2.90 bits per heavy atom. The number of fused-ring (bicyclic) bond motifs is 2. The van der Waals surface area contributed by atoms with Gasteiger partial charge in [0.2, 0.25) is 0 Å². The predicted octanol–water partition coefficient (Wildman–Crippen LogP) is 2.94. The third kappa shape index (κ3) is 3.17. The zero-order valence-electron chi connectivity index (χ0n) is 16.8. The minimum absolute atomic E-state index is 0.262. The van der Waals surface area contributed by atoms with Crippen LogP contribution in [0.4, 0.5) is 0 Å². The van der Waals surface area contributed by atoms with E-state index in [9.17, 15) is 9.90 Å². The number of rotatable bonds is 4. The van der Waals surface area contributed by atoms with Crippen molar-refractivity contribution in [1.29, 1.82) is 0 Å². The van der Waals surface area contributed by atoms with Crippen LogP contribution in [-0.4, -0.2) is 52.1 Å². The van der Waals surface area contributed by atoms with Gasteiger partial charge < -0.3 is 14.6 Å². The Morgan fingerprint density at radius 1 is 1.28 bits per heavy atom. The molecule has 1 N–H and O–H groups in total. The molecule has 1 aliphatic carbocycles. The van der Waals surface area contributed by atoms with Crippen molar-refractivity contribution in [2.45, 2.75) is 32.2 Å². The van der Waals surface area contributed by atoms with E-state index in [4.69, 9.17) is 14.6 Å². The van der Waals surface area contributed by atoms with Crippen LogP contribution in [0.15, 0.2) is 24.4 Å². The summed E-state index contributed by atoms with van der Waals surface area (Å²) in [6, 6.07) is 5.98.